The Morgan fingerprint density at radius 1 is 1.40 bits per heavy atom. The van der Waals surface area contributed by atoms with E-state index in [1.54, 1.807) is 13.8 Å². The number of rotatable bonds is 2. The van der Waals surface area contributed by atoms with E-state index in [1.165, 1.54) is 6.33 Å². The zero-order chi connectivity index (χ0) is 14.6. The molecule has 1 N–H and O–H groups in total. The molecule has 0 atom stereocenters. The van der Waals surface area contributed by atoms with Crippen LogP contribution in [-0.2, 0) is 4.79 Å². The summed E-state index contributed by atoms with van der Waals surface area (Å²) < 4.78 is 0. The molecule has 0 amide bonds. The Morgan fingerprint density at radius 2 is 2.10 bits per heavy atom. The summed E-state index contributed by atoms with van der Waals surface area (Å²) in [5.41, 5.74) is -0.442. The minimum atomic E-state index is -1.03. The van der Waals surface area contributed by atoms with Crippen LogP contribution in [0.15, 0.2) is 12.4 Å². The van der Waals surface area contributed by atoms with Gasteiger partial charge in [-0.2, -0.15) is 0 Å². The summed E-state index contributed by atoms with van der Waals surface area (Å²) >= 11 is 0. The first-order chi connectivity index (χ1) is 9.48. The normalized spacial score (nSPS) is 16.4. The molecule has 5 nitrogen and oxygen atoms in total. The molecular weight excluding hydrogens is 254 g/mol. The highest BCUT2D eigenvalue weighted by molar-refractivity contribution is 5.55. The Bertz CT molecular complexity index is 532. The van der Waals surface area contributed by atoms with Crippen molar-refractivity contribution in [2.75, 3.05) is 18.0 Å². The van der Waals surface area contributed by atoms with Gasteiger partial charge in [0.15, 0.2) is 0 Å². The van der Waals surface area contributed by atoms with E-state index in [0.717, 1.165) is 38.0 Å². The first-order valence-electron chi connectivity index (χ1n) is 6.76. The molecule has 1 saturated heterocycles. The summed E-state index contributed by atoms with van der Waals surface area (Å²) in [7, 11) is 0. The van der Waals surface area contributed by atoms with E-state index in [4.69, 9.17) is 0 Å². The van der Waals surface area contributed by atoms with Crippen molar-refractivity contribution in [3.63, 3.8) is 0 Å². The third-order valence-electron chi connectivity index (χ3n) is 3.21. The number of aldehydes is 1. The number of aromatic nitrogens is 2. The molecule has 1 aliphatic heterocycles. The predicted molar refractivity (Wildman–Crippen MR) is 76.2 cm³/mol. The Balaban J connectivity index is 2.10. The molecule has 106 valence electrons. The van der Waals surface area contributed by atoms with Crippen LogP contribution in [0.5, 0.6) is 0 Å². The van der Waals surface area contributed by atoms with Crippen LogP contribution in [0.3, 0.4) is 0 Å². The van der Waals surface area contributed by atoms with Crippen LogP contribution in [0, 0.1) is 17.8 Å². The number of aliphatic hydroxyl groups is 1. The molecule has 5 heteroatoms. The van der Waals surface area contributed by atoms with Crippen LogP contribution in [0.25, 0.3) is 0 Å². The van der Waals surface area contributed by atoms with E-state index in [9.17, 15) is 9.90 Å². The number of piperidine rings is 1. The van der Waals surface area contributed by atoms with Crippen LogP contribution in [0.2, 0.25) is 0 Å². The van der Waals surface area contributed by atoms with Crippen molar-refractivity contribution in [3.8, 4) is 11.8 Å². The molecule has 0 radical (unpaired) electrons. The Hall–Kier alpha value is -1.93. The average Bonchev–Trinajstić information content (AvgIpc) is 2.45. The fourth-order valence-electron chi connectivity index (χ4n) is 2.07. The molecule has 2 heterocycles. The van der Waals surface area contributed by atoms with Gasteiger partial charge in [-0.1, -0.05) is 5.92 Å². The number of anilines is 1. The van der Waals surface area contributed by atoms with Gasteiger partial charge >= 0.3 is 0 Å². The van der Waals surface area contributed by atoms with Gasteiger partial charge in [-0.25, -0.2) is 9.97 Å². The number of carbonyl (C=O) groups is 1. The third-order valence-corrected chi connectivity index (χ3v) is 3.21. The maximum Gasteiger partial charge on any atom is 0.133 e. The monoisotopic (exact) mass is 273 g/mol. The topological polar surface area (TPSA) is 66.3 Å². The molecule has 0 saturated carbocycles. The molecule has 20 heavy (non-hydrogen) atoms. The minimum absolute atomic E-state index is 0.169. The van der Waals surface area contributed by atoms with Gasteiger partial charge in [0.1, 0.15) is 29.7 Å². The largest absolute Gasteiger partial charge is 0.378 e. The first-order valence-corrected chi connectivity index (χ1v) is 6.76. The van der Waals surface area contributed by atoms with E-state index in [-0.39, 0.29) is 5.92 Å². The molecule has 0 bridgehead atoms. The molecule has 1 aromatic rings. The van der Waals surface area contributed by atoms with E-state index in [0.29, 0.717) is 5.69 Å². The van der Waals surface area contributed by atoms with Crippen molar-refractivity contribution in [1.82, 2.24) is 9.97 Å². The highest BCUT2D eigenvalue weighted by Crippen LogP contribution is 2.20. The number of hydrogen-bond acceptors (Lipinski definition) is 5. The maximum absolute atomic E-state index is 10.8. The van der Waals surface area contributed by atoms with Crippen molar-refractivity contribution in [1.29, 1.82) is 0 Å². The van der Waals surface area contributed by atoms with Crippen LogP contribution in [0.1, 0.15) is 32.4 Å². The van der Waals surface area contributed by atoms with Gasteiger partial charge in [-0.05, 0) is 32.6 Å². The van der Waals surface area contributed by atoms with Gasteiger partial charge < -0.3 is 14.8 Å². The minimum Gasteiger partial charge on any atom is -0.378 e. The second-order valence-electron chi connectivity index (χ2n) is 5.53. The lowest BCUT2D eigenvalue weighted by molar-refractivity contribution is -0.111. The molecule has 0 spiro atoms. The van der Waals surface area contributed by atoms with Crippen LogP contribution < -0.4 is 4.90 Å². The molecule has 0 unspecified atom stereocenters. The quantitative estimate of drug-likeness (QED) is 0.643. The Kier molecular flexibility index (Phi) is 4.35. The standard InChI is InChI=1S/C15H19N3O2/c1-15(2,20)6-3-13-9-14(17-11-16-13)18-7-4-12(10-19)5-8-18/h9-12,20H,4-5,7-8H2,1-2H3. The summed E-state index contributed by atoms with van der Waals surface area (Å²) in [6.45, 7) is 4.90. The van der Waals surface area contributed by atoms with Gasteiger partial charge in [0, 0.05) is 25.1 Å². The third kappa shape index (κ3) is 4.04. The van der Waals surface area contributed by atoms with Crippen LogP contribution in [-0.4, -0.2) is 40.1 Å². The van der Waals surface area contributed by atoms with Gasteiger partial charge in [0.25, 0.3) is 0 Å². The van der Waals surface area contributed by atoms with Gasteiger partial charge in [0.05, 0.1) is 0 Å². The lowest BCUT2D eigenvalue weighted by atomic mass is 9.99. The van der Waals surface area contributed by atoms with Gasteiger partial charge in [-0.3, -0.25) is 0 Å². The summed E-state index contributed by atoms with van der Waals surface area (Å²) in [5, 5.41) is 9.59. The van der Waals surface area contributed by atoms with Gasteiger partial charge in [0.2, 0.25) is 0 Å². The van der Waals surface area contributed by atoms with E-state index in [2.05, 4.69) is 26.7 Å². The summed E-state index contributed by atoms with van der Waals surface area (Å²) in [4.78, 5) is 21.2. The Morgan fingerprint density at radius 3 is 2.70 bits per heavy atom. The molecule has 0 aromatic carbocycles. The van der Waals surface area contributed by atoms with Crippen molar-refractivity contribution in [2.45, 2.75) is 32.3 Å². The van der Waals surface area contributed by atoms with Crippen molar-refractivity contribution < 1.29 is 9.90 Å². The molecule has 1 fully saturated rings. The SMILES string of the molecule is CC(C)(O)C#Cc1cc(N2CCC(C=O)CC2)ncn1. The number of carbonyl (C=O) groups excluding carboxylic acids is 1. The second kappa shape index (κ2) is 6.02. The zero-order valence-corrected chi connectivity index (χ0v) is 11.8. The molecule has 1 aliphatic rings. The second-order valence-corrected chi connectivity index (χ2v) is 5.53. The number of hydrogen-bond donors (Lipinski definition) is 1. The molecule has 0 aliphatic carbocycles. The summed E-state index contributed by atoms with van der Waals surface area (Å²) in [5.74, 6) is 6.58. The lowest BCUT2D eigenvalue weighted by Gasteiger charge is -2.30. The predicted octanol–water partition coefficient (Wildman–Crippen LogP) is 1.01. The zero-order valence-electron chi connectivity index (χ0n) is 11.8. The van der Waals surface area contributed by atoms with Crippen molar-refractivity contribution in [3.05, 3.63) is 18.1 Å². The maximum atomic E-state index is 10.8. The Labute approximate surface area is 119 Å². The van der Waals surface area contributed by atoms with E-state index in [1.807, 2.05) is 6.07 Å². The molecule has 2 rings (SSSR count). The highest BCUT2D eigenvalue weighted by atomic mass is 16.3. The van der Waals surface area contributed by atoms with Crippen LogP contribution in [0.4, 0.5) is 5.82 Å². The highest BCUT2D eigenvalue weighted by Gasteiger charge is 2.19. The smallest absolute Gasteiger partial charge is 0.133 e. The van der Waals surface area contributed by atoms with Crippen molar-refractivity contribution >= 4 is 12.1 Å². The van der Waals surface area contributed by atoms with E-state index < -0.39 is 5.60 Å². The lowest BCUT2D eigenvalue weighted by Crippen LogP contribution is -2.34. The molecule has 1 aromatic heterocycles. The molecular formula is C15H19N3O2. The fraction of sp³-hybridized carbons (Fsp3) is 0.533. The summed E-state index contributed by atoms with van der Waals surface area (Å²) in [6, 6.07) is 1.82. The van der Waals surface area contributed by atoms with Gasteiger partial charge in [-0.15, -0.1) is 0 Å². The van der Waals surface area contributed by atoms with Crippen LogP contribution >= 0.6 is 0 Å². The first kappa shape index (κ1) is 14.5. The number of nitrogens with zero attached hydrogens (tertiary/aromatic N) is 3. The summed E-state index contributed by atoms with van der Waals surface area (Å²) in [6.07, 6.45) is 4.24. The fourth-order valence-corrected chi connectivity index (χ4v) is 2.07. The average molecular weight is 273 g/mol. The van der Waals surface area contributed by atoms with Crippen molar-refractivity contribution in [2.24, 2.45) is 5.92 Å². The van der Waals surface area contributed by atoms with E-state index >= 15 is 0 Å².